The second-order valence-corrected chi connectivity index (χ2v) is 5.81. The molecule has 0 aliphatic carbocycles. The van der Waals surface area contributed by atoms with Gasteiger partial charge in [0.25, 0.3) is 0 Å². The summed E-state index contributed by atoms with van der Waals surface area (Å²) >= 11 is 0. The number of rotatable bonds is 7. The molecule has 4 heteroatoms. The van der Waals surface area contributed by atoms with Gasteiger partial charge < -0.3 is 10.1 Å². The molecule has 1 N–H and O–H groups in total. The number of ether oxygens (including phenoxy) is 1. The first-order chi connectivity index (χ1) is 9.78. The molecule has 0 spiro atoms. The predicted molar refractivity (Wildman–Crippen MR) is 81.6 cm³/mol. The highest BCUT2D eigenvalue weighted by Crippen LogP contribution is 2.30. The Morgan fingerprint density at radius 2 is 2.15 bits per heavy atom. The van der Waals surface area contributed by atoms with E-state index in [0.29, 0.717) is 5.41 Å². The molecule has 0 atom stereocenters. The van der Waals surface area contributed by atoms with Crippen LogP contribution >= 0.6 is 0 Å². The first-order valence-corrected chi connectivity index (χ1v) is 7.60. The fourth-order valence-corrected chi connectivity index (χ4v) is 3.09. The molecule has 0 unspecified atom stereocenters. The summed E-state index contributed by atoms with van der Waals surface area (Å²) in [6, 6.07) is 6.14. The Morgan fingerprint density at radius 3 is 2.75 bits per heavy atom. The number of methoxy groups -OCH3 is 1. The van der Waals surface area contributed by atoms with Crippen molar-refractivity contribution < 1.29 is 4.74 Å². The Kier molecular flexibility index (Phi) is 5.95. The van der Waals surface area contributed by atoms with E-state index in [1.54, 1.807) is 0 Å². The zero-order valence-electron chi connectivity index (χ0n) is 12.8. The van der Waals surface area contributed by atoms with Gasteiger partial charge in [-0.15, -0.1) is 0 Å². The number of aromatic nitrogens is 1. The first kappa shape index (κ1) is 15.4. The van der Waals surface area contributed by atoms with Gasteiger partial charge in [-0.3, -0.25) is 9.88 Å². The summed E-state index contributed by atoms with van der Waals surface area (Å²) in [5.74, 6) is 0. The molecule has 0 aromatic carbocycles. The summed E-state index contributed by atoms with van der Waals surface area (Å²) in [4.78, 5) is 6.94. The summed E-state index contributed by atoms with van der Waals surface area (Å²) < 4.78 is 5.51. The summed E-state index contributed by atoms with van der Waals surface area (Å²) in [7, 11) is 1.82. The van der Waals surface area contributed by atoms with E-state index in [2.05, 4.69) is 34.3 Å². The average Bonchev–Trinajstić information content (AvgIpc) is 2.49. The second kappa shape index (κ2) is 7.72. The fraction of sp³-hybridized carbons (Fsp3) is 0.688. The molecule has 0 saturated carbocycles. The predicted octanol–water partition coefficient (Wildman–Crippen LogP) is 1.92. The van der Waals surface area contributed by atoms with Crippen molar-refractivity contribution in [2.24, 2.45) is 5.41 Å². The van der Waals surface area contributed by atoms with Crippen LogP contribution in [-0.4, -0.2) is 49.8 Å². The minimum atomic E-state index is 0.296. The normalized spacial score (nSPS) is 18.4. The highest BCUT2D eigenvalue weighted by molar-refractivity contribution is 5.03. The van der Waals surface area contributed by atoms with E-state index in [1.807, 2.05) is 19.4 Å². The Bertz CT molecular complexity index is 371. The zero-order valence-corrected chi connectivity index (χ0v) is 12.8. The summed E-state index contributed by atoms with van der Waals surface area (Å²) in [5.41, 5.74) is 1.45. The molecule has 0 amide bonds. The third kappa shape index (κ3) is 4.27. The Hall–Kier alpha value is -0.970. The zero-order chi connectivity index (χ0) is 14.3. The van der Waals surface area contributed by atoms with Crippen molar-refractivity contribution in [3.63, 3.8) is 0 Å². The van der Waals surface area contributed by atoms with Crippen LogP contribution in [0.5, 0.6) is 0 Å². The Balaban J connectivity index is 1.99. The van der Waals surface area contributed by atoms with Crippen LogP contribution in [0.2, 0.25) is 0 Å². The molecule has 20 heavy (non-hydrogen) atoms. The monoisotopic (exact) mass is 277 g/mol. The van der Waals surface area contributed by atoms with Crippen molar-refractivity contribution in [1.29, 1.82) is 0 Å². The molecule has 1 fully saturated rings. The molecule has 1 aromatic heterocycles. The molecule has 1 aliphatic rings. The SMILES string of the molecule is CCN(Cc1ccccn1)CC1(COC)CCNCC1. The van der Waals surface area contributed by atoms with Gasteiger partial charge in [0.05, 0.1) is 12.3 Å². The van der Waals surface area contributed by atoms with Crippen molar-refractivity contribution >= 4 is 0 Å². The smallest absolute Gasteiger partial charge is 0.0543 e. The molecule has 0 radical (unpaired) electrons. The number of hydrogen-bond acceptors (Lipinski definition) is 4. The van der Waals surface area contributed by atoms with Crippen molar-refractivity contribution in [3.8, 4) is 0 Å². The largest absolute Gasteiger partial charge is 0.384 e. The average molecular weight is 277 g/mol. The molecule has 2 rings (SSSR count). The van der Waals surface area contributed by atoms with Crippen LogP contribution in [0.1, 0.15) is 25.5 Å². The molecular formula is C16H27N3O. The summed E-state index contributed by atoms with van der Waals surface area (Å²) in [5, 5.41) is 3.45. The van der Waals surface area contributed by atoms with Gasteiger partial charge in [-0.05, 0) is 44.6 Å². The van der Waals surface area contributed by atoms with Crippen molar-refractivity contribution in [2.45, 2.75) is 26.3 Å². The number of nitrogens with zero attached hydrogens (tertiary/aromatic N) is 2. The van der Waals surface area contributed by atoms with E-state index in [-0.39, 0.29) is 0 Å². The van der Waals surface area contributed by atoms with Crippen LogP contribution in [0, 0.1) is 5.41 Å². The second-order valence-electron chi connectivity index (χ2n) is 5.81. The molecule has 112 valence electrons. The van der Waals surface area contributed by atoms with Gasteiger partial charge in [-0.2, -0.15) is 0 Å². The van der Waals surface area contributed by atoms with Gasteiger partial charge in [-0.25, -0.2) is 0 Å². The number of pyridine rings is 1. The van der Waals surface area contributed by atoms with Gasteiger partial charge in [0.15, 0.2) is 0 Å². The molecule has 1 saturated heterocycles. The van der Waals surface area contributed by atoms with Crippen LogP contribution in [0.4, 0.5) is 0 Å². The van der Waals surface area contributed by atoms with Crippen LogP contribution < -0.4 is 5.32 Å². The highest BCUT2D eigenvalue weighted by atomic mass is 16.5. The highest BCUT2D eigenvalue weighted by Gasteiger charge is 2.33. The lowest BCUT2D eigenvalue weighted by Crippen LogP contribution is -2.47. The van der Waals surface area contributed by atoms with Gasteiger partial charge >= 0.3 is 0 Å². The van der Waals surface area contributed by atoms with E-state index < -0.39 is 0 Å². The summed E-state index contributed by atoms with van der Waals surface area (Å²) in [6.45, 7) is 8.36. The van der Waals surface area contributed by atoms with Crippen molar-refractivity contribution in [2.75, 3.05) is 39.9 Å². The molecular weight excluding hydrogens is 250 g/mol. The fourth-order valence-electron chi connectivity index (χ4n) is 3.09. The maximum absolute atomic E-state index is 5.51. The lowest BCUT2D eigenvalue weighted by Gasteiger charge is -2.40. The Labute approximate surface area is 122 Å². The van der Waals surface area contributed by atoms with Crippen molar-refractivity contribution in [1.82, 2.24) is 15.2 Å². The van der Waals surface area contributed by atoms with Crippen LogP contribution in [0.25, 0.3) is 0 Å². The quantitative estimate of drug-likeness (QED) is 0.826. The lowest BCUT2D eigenvalue weighted by atomic mass is 9.79. The van der Waals surface area contributed by atoms with Crippen LogP contribution in [-0.2, 0) is 11.3 Å². The molecule has 0 bridgehead atoms. The molecule has 1 aliphatic heterocycles. The summed E-state index contributed by atoms with van der Waals surface area (Å²) in [6.07, 6.45) is 4.26. The van der Waals surface area contributed by atoms with E-state index in [4.69, 9.17) is 4.74 Å². The van der Waals surface area contributed by atoms with Gasteiger partial charge in [0.1, 0.15) is 0 Å². The van der Waals surface area contributed by atoms with E-state index >= 15 is 0 Å². The lowest BCUT2D eigenvalue weighted by molar-refractivity contribution is 0.0213. The minimum absolute atomic E-state index is 0.296. The minimum Gasteiger partial charge on any atom is -0.384 e. The van der Waals surface area contributed by atoms with Crippen LogP contribution in [0.3, 0.4) is 0 Å². The number of piperidine rings is 1. The third-order valence-electron chi connectivity index (χ3n) is 4.23. The van der Waals surface area contributed by atoms with Gasteiger partial charge in [0.2, 0.25) is 0 Å². The van der Waals surface area contributed by atoms with E-state index in [9.17, 15) is 0 Å². The maximum atomic E-state index is 5.51. The first-order valence-electron chi connectivity index (χ1n) is 7.60. The Morgan fingerprint density at radius 1 is 1.35 bits per heavy atom. The number of hydrogen-bond donors (Lipinski definition) is 1. The van der Waals surface area contributed by atoms with E-state index in [0.717, 1.165) is 45.0 Å². The standard InChI is InChI=1S/C16H27N3O/c1-3-19(12-15-6-4-5-9-18-15)13-16(14-20-2)7-10-17-11-8-16/h4-6,9,17H,3,7-8,10-14H2,1-2H3. The molecule has 1 aromatic rings. The van der Waals surface area contributed by atoms with Gasteiger partial charge in [-0.1, -0.05) is 13.0 Å². The third-order valence-corrected chi connectivity index (χ3v) is 4.23. The molecule has 4 nitrogen and oxygen atoms in total. The van der Waals surface area contributed by atoms with Gasteiger partial charge in [0, 0.05) is 31.8 Å². The topological polar surface area (TPSA) is 37.4 Å². The molecule has 2 heterocycles. The number of nitrogens with one attached hydrogen (secondary N) is 1. The van der Waals surface area contributed by atoms with E-state index in [1.165, 1.54) is 12.8 Å². The van der Waals surface area contributed by atoms with Crippen molar-refractivity contribution in [3.05, 3.63) is 30.1 Å². The maximum Gasteiger partial charge on any atom is 0.0543 e. The van der Waals surface area contributed by atoms with Crippen LogP contribution in [0.15, 0.2) is 24.4 Å².